The van der Waals surface area contributed by atoms with Crippen LogP contribution in [0.1, 0.15) is 12.6 Å². The first-order valence-corrected chi connectivity index (χ1v) is 4.46. The molecule has 2 aromatic rings. The lowest BCUT2D eigenvalue weighted by Gasteiger charge is -1.95. The molecular weight excluding hydrogens is 181 g/mol. The zero-order valence-corrected chi connectivity index (χ0v) is 7.79. The number of aryl methyl sites for hydroxylation is 1. The van der Waals surface area contributed by atoms with Crippen LogP contribution in [0.3, 0.4) is 0 Å². The normalized spacial score (nSPS) is 10.4. The summed E-state index contributed by atoms with van der Waals surface area (Å²) in [5.74, 6) is -0.346. The predicted molar refractivity (Wildman–Crippen MR) is 51.2 cm³/mol. The molecule has 0 aliphatic heterocycles. The minimum Gasteiger partial charge on any atom is -0.282 e. The van der Waals surface area contributed by atoms with E-state index in [0.717, 1.165) is 12.1 Å². The second kappa shape index (κ2) is 3.57. The number of halogens is 1. The van der Waals surface area contributed by atoms with Gasteiger partial charge in [0.05, 0.1) is 0 Å². The molecule has 0 spiro atoms. The van der Waals surface area contributed by atoms with Crippen molar-refractivity contribution in [3.05, 3.63) is 35.9 Å². The van der Waals surface area contributed by atoms with Crippen molar-refractivity contribution in [2.75, 3.05) is 0 Å². The molecule has 0 saturated heterocycles. The Bertz CT molecular complexity index is 436. The first-order valence-electron chi connectivity index (χ1n) is 4.46. The van der Waals surface area contributed by atoms with Gasteiger partial charge in [-0.2, -0.15) is 5.10 Å². The average molecular weight is 191 g/mol. The Hall–Kier alpha value is -1.71. The topological polar surface area (TPSA) is 41.6 Å². The van der Waals surface area contributed by atoms with E-state index in [9.17, 15) is 4.39 Å². The van der Waals surface area contributed by atoms with Crippen molar-refractivity contribution in [2.24, 2.45) is 0 Å². The average Bonchev–Trinajstić information content (AvgIpc) is 2.67. The first-order chi connectivity index (χ1) is 6.81. The maximum absolute atomic E-state index is 13.3. The maximum Gasteiger partial charge on any atom is 0.151 e. The molecule has 3 nitrogen and oxygen atoms in total. The lowest BCUT2D eigenvalue weighted by Crippen LogP contribution is -1.87. The van der Waals surface area contributed by atoms with Gasteiger partial charge < -0.3 is 0 Å². The SMILES string of the molecule is CCc1cc(-c2ncccc2F)n[nH]1. The van der Waals surface area contributed by atoms with Crippen molar-refractivity contribution >= 4 is 0 Å². The lowest BCUT2D eigenvalue weighted by molar-refractivity contribution is 0.625. The maximum atomic E-state index is 13.3. The Balaban J connectivity index is 2.44. The molecule has 0 unspecified atom stereocenters. The largest absolute Gasteiger partial charge is 0.282 e. The van der Waals surface area contributed by atoms with Gasteiger partial charge >= 0.3 is 0 Å². The van der Waals surface area contributed by atoms with Crippen LogP contribution in [0.15, 0.2) is 24.4 Å². The molecule has 14 heavy (non-hydrogen) atoms. The van der Waals surface area contributed by atoms with E-state index in [1.54, 1.807) is 12.3 Å². The second-order valence-corrected chi connectivity index (χ2v) is 2.97. The minimum absolute atomic E-state index is 0.295. The van der Waals surface area contributed by atoms with Crippen LogP contribution in [0.4, 0.5) is 4.39 Å². The van der Waals surface area contributed by atoms with Gasteiger partial charge in [0.25, 0.3) is 0 Å². The number of pyridine rings is 1. The molecule has 2 heterocycles. The molecule has 0 atom stereocenters. The number of aromatic nitrogens is 3. The van der Waals surface area contributed by atoms with E-state index in [2.05, 4.69) is 15.2 Å². The summed E-state index contributed by atoms with van der Waals surface area (Å²) in [4.78, 5) is 3.94. The van der Waals surface area contributed by atoms with Gasteiger partial charge in [-0.1, -0.05) is 6.92 Å². The van der Waals surface area contributed by atoms with Crippen LogP contribution < -0.4 is 0 Å². The summed E-state index contributed by atoms with van der Waals surface area (Å²) in [7, 11) is 0. The Labute approximate surface area is 81.0 Å². The van der Waals surface area contributed by atoms with Gasteiger partial charge in [0, 0.05) is 11.9 Å². The summed E-state index contributed by atoms with van der Waals surface area (Å²) in [6.45, 7) is 2.01. The summed E-state index contributed by atoms with van der Waals surface area (Å²) in [5.41, 5.74) is 1.83. The number of nitrogens with one attached hydrogen (secondary N) is 1. The van der Waals surface area contributed by atoms with Crippen molar-refractivity contribution in [2.45, 2.75) is 13.3 Å². The molecule has 72 valence electrons. The predicted octanol–water partition coefficient (Wildman–Crippen LogP) is 2.17. The van der Waals surface area contributed by atoms with E-state index in [1.807, 2.05) is 13.0 Å². The fraction of sp³-hybridized carbons (Fsp3) is 0.200. The van der Waals surface area contributed by atoms with Crippen LogP contribution >= 0.6 is 0 Å². The second-order valence-electron chi connectivity index (χ2n) is 2.97. The van der Waals surface area contributed by atoms with Gasteiger partial charge in [-0.05, 0) is 24.6 Å². The van der Waals surface area contributed by atoms with Gasteiger partial charge in [-0.3, -0.25) is 10.1 Å². The van der Waals surface area contributed by atoms with Gasteiger partial charge in [0.2, 0.25) is 0 Å². The molecule has 4 heteroatoms. The molecule has 2 rings (SSSR count). The zero-order chi connectivity index (χ0) is 9.97. The van der Waals surface area contributed by atoms with Crippen LogP contribution in [-0.4, -0.2) is 15.2 Å². The number of rotatable bonds is 2. The van der Waals surface area contributed by atoms with Crippen LogP contribution in [0.5, 0.6) is 0 Å². The molecule has 0 bridgehead atoms. The quantitative estimate of drug-likeness (QED) is 0.790. The van der Waals surface area contributed by atoms with Crippen molar-refractivity contribution in [3.8, 4) is 11.4 Å². The summed E-state index contributed by atoms with van der Waals surface area (Å²) in [5, 5.41) is 6.82. The van der Waals surface area contributed by atoms with Crippen LogP contribution in [-0.2, 0) is 6.42 Å². The summed E-state index contributed by atoms with van der Waals surface area (Å²) in [6, 6.07) is 4.75. The van der Waals surface area contributed by atoms with Gasteiger partial charge in [0.15, 0.2) is 5.82 Å². The number of hydrogen-bond donors (Lipinski definition) is 1. The molecule has 2 aromatic heterocycles. The third-order valence-electron chi connectivity index (χ3n) is 2.01. The van der Waals surface area contributed by atoms with Gasteiger partial charge in [-0.25, -0.2) is 4.39 Å². The van der Waals surface area contributed by atoms with Gasteiger partial charge in [-0.15, -0.1) is 0 Å². The summed E-state index contributed by atoms with van der Waals surface area (Å²) < 4.78 is 13.3. The molecule has 1 N–H and O–H groups in total. The van der Waals surface area contributed by atoms with Crippen molar-refractivity contribution < 1.29 is 4.39 Å². The smallest absolute Gasteiger partial charge is 0.151 e. The molecular formula is C10H10FN3. The molecule has 0 saturated carbocycles. The number of nitrogens with zero attached hydrogens (tertiary/aromatic N) is 2. The number of H-pyrrole nitrogens is 1. The lowest BCUT2D eigenvalue weighted by atomic mass is 10.2. The van der Waals surface area contributed by atoms with Crippen LogP contribution in [0, 0.1) is 5.82 Å². The minimum atomic E-state index is -0.346. The standard InChI is InChI=1S/C10H10FN3/c1-2-7-6-9(14-13-7)10-8(11)4-3-5-12-10/h3-6H,2H2,1H3,(H,13,14). The molecule has 0 aliphatic rings. The molecule has 0 aromatic carbocycles. The van der Waals surface area contributed by atoms with E-state index in [0.29, 0.717) is 11.4 Å². The van der Waals surface area contributed by atoms with Crippen molar-refractivity contribution in [1.82, 2.24) is 15.2 Å². The van der Waals surface area contributed by atoms with E-state index in [4.69, 9.17) is 0 Å². The van der Waals surface area contributed by atoms with Crippen molar-refractivity contribution in [3.63, 3.8) is 0 Å². The Morgan fingerprint density at radius 3 is 3.00 bits per heavy atom. The third kappa shape index (κ3) is 1.51. The summed E-state index contributed by atoms with van der Waals surface area (Å²) >= 11 is 0. The van der Waals surface area contributed by atoms with Crippen LogP contribution in [0.2, 0.25) is 0 Å². The van der Waals surface area contributed by atoms with Crippen LogP contribution in [0.25, 0.3) is 11.4 Å². The fourth-order valence-corrected chi connectivity index (χ4v) is 1.24. The number of hydrogen-bond acceptors (Lipinski definition) is 2. The fourth-order valence-electron chi connectivity index (χ4n) is 1.24. The highest BCUT2D eigenvalue weighted by Gasteiger charge is 2.08. The van der Waals surface area contributed by atoms with E-state index in [1.165, 1.54) is 6.07 Å². The third-order valence-corrected chi connectivity index (χ3v) is 2.01. The van der Waals surface area contributed by atoms with Gasteiger partial charge in [0.1, 0.15) is 11.4 Å². The monoisotopic (exact) mass is 191 g/mol. The summed E-state index contributed by atoms with van der Waals surface area (Å²) in [6.07, 6.45) is 2.40. The number of aromatic amines is 1. The Morgan fingerprint density at radius 1 is 1.50 bits per heavy atom. The molecule has 0 radical (unpaired) electrons. The van der Waals surface area contributed by atoms with E-state index < -0.39 is 0 Å². The molecule has 0 aliphatic carbocycles. The van der Waals surface area contributed by atoms with E-state index >= 15 is 0 Å². The highest BCUT2D eigenvalue weighted by atomic mass is 19.1. The first kappa shape index (κ1) is 8.87. The van der Waals surface area contributed by atoms with Crippen molar-refractivity contribution in [1.29, 1.82) is 0 Å². The van der Waals surface area contributed by atoms with E-state index in [-0.39, 0.29) is 5.82 Å². The molecule has 0 amide bonds. The molecule has 0 fully saturated rings. The highest BCUT2D eigenvalue weighted by molar-refractivity contribution is 5.54. The highest BCUT2D eigenvalue weighted by Crippen LogP contribution is 2.17. The Kier molecular flexibility index (Phi) is 2.26. The Morgan fingerprint density at radius 2 is 2.36 bits per heavy atom. The zero-order valence-electron chi connectivity index (χ0n) is 7.79.